The van der Waals surface area contributed by atoms with Gasteiger partial charge in [0.2, 0.25) is 0 Å². The minimum Gasteiger partial charge on any atom is -0.396 e. The highest BCUT2D eigenvalue weighted by Gasteiger charge is 2.22. The summed E-state index contributed by atoms with van der Waals surface area (Å²) in [5, 5.41) is 3.80. The second-order valence-electron chi connectivity index (χ2n) is 7.12. The molecule has 0 aliphatic carbocycles. The second kappa shape index (κ2) is 8.33. The lowest BCUT2D eigenvalue weighted by molar-refractivity contribution is 0.0938. The smallest absolute Gasteiger partial charge is 0.254 e. The third kappa shape index (κ3) is 3.74. The van der Waals surface area contributed by atoms with Crippen LogP contribution < -0.4 is 11.1 Å². The van der Waals surface area contributed by atoms with Crippen LogP contribution in [0.1, 0.15) is 35.3 Å². The number of para-hydroxylation sites is 1. The van der Waals surface area contributed by atoms with Gasteiger partial charge < -0.3 is 11.1 Å². The summed E-state index contributed by atoms with van der Waals surface area (Å²) in [4.78, 5) is 18.0. The molecule has 0 fully saturated rings. The molecule has 1 aromatic heterocycles. The van der Waals surface area contributed by atoms with E-state index in [4.69, 9.17) is 5.73 Å². The number of carbonyl (C=O) groups is 1. The van der Waals surface area contributed by atoms with Crippen LogP contribution in [0.5, 0.6) is 0 Å². The number of hydrogen-bond donors (Lipinski definition) is 2. The number of aromatic nitrogens is 1. The molecule has 1 amide bonds. The minimum atomic E-state index is -0.343. The molecule has 0 saturated carbocycles. The van der Waals surface area contributed by atoms with E-state index in [-0.39, 0.29) is 23.5 Å². The predicted octanol–water partition coefficient (Wildman–Crippen LogP) is 5.50. The van der Waals surface area contributed by atoms with E-state index in [2.05, 4.69) is 10.3 Å². The van der Waals surface area contributed by atoms with Gasteiger partial charge in [-0.15, -0.1) is 0 Å². The van der Waals surface area contributed by atoms with Crippen LogP contribution in [0, 0.1) is 5.82 Å². The van der Waals surface area contributed by atoms with E-state index in [0.717, 1.165) is 12.0 Å². The Balaban J connectivity index is 1.81. The molecule has 150 valence electrons. The minimum absolute atomic E-state index is 0.140. The molecule has 1 heterocycles. The lowest BCUT2D eigenvalue weighted by Crippen LogP contribution is -2.29. The fourth-order valence-electron chi connectivity index (χ4n) is 3.64. The van der Waals surface area contributed by atoms with E-state index in [1.54, 1.807) is 12.1 Å². The van der Waals surface area contributed by atoms with Gasteiger partial charge in [0.05, 0.1) is 28.5 Å². The Hall–Kier alpha value is -3.73. The monoisotopic (exact) mass is 399 g/mol. The zero-order chi connectivity index (χ0) is 21.1. The van der Waals surface area contributed by atoms with Crippen molar-refractivity contribution in [1.82, 2.24) is 10.3 Å². The number of benzene rings is 3. The number of pyridine rings is 1. The summed E-state index contributed by atoms with van der Waals surface area (Å²) in [6.07, 6.45) is 0.740. The predicted molar refractivity (Wildman–Crippen MR) is 118 cm³/mol. The van der Waals surface area contributed by atoms with Crippen molar-refractivity contribution in [2.45, 2.75) is 19.4 Å². The lowest BCUT2D eigenvalue weighted by Gasteiger charge is -2.20. The summed E-state index contributed by atoms with van der Waals surface area (Å²) >= 11 is 0. The molecule has 30 heavy (non-hydrogen) atoms. The fourth-order valence-corrected chi connectivity index (χ4v) is 3.64. The molecule has 0 bridgehead atoms. The zero-order valence-electron chi connectivity index (χ0n) is 16.6. The van der Waals surface area contributed by atoms with E-state index in [1.165, 1.54) is 12.1 Å². The number of amides is 1. The van der Waals surface area contributed by atoms with Crippen molar-refractivity contribution < 1.29 is 9.18 Å². The first-order valence-corrected chi connectivity index (χ1v) is 9.88. The summed E-state index contributed by atoms with van der Waals surface area (Å²) in [6, 6.07) is 23.0. The van der Waals surface area contributed by atoms with E-state index < -0.39 is 0 Å². The van der Waals surface area contributed by atoms with Crippen LogP contribution in [0.25, 0.3) is 22.2 Å². The van der Waals surface area contributed by atoms with Crippen molar-refractivity contribution in [2.75, 3.05) is 5.73 Å². The first-order valence-electron chi connectivity index (χ1n) is 9.88. The SMILES string of the molecule is CCC(NC(=O)c1c(N)c(-c2ccc(F)cc2)nc2ccccc12)c1ccccc1. The number of hydrogen-bond acceptors (Lipinski definition) is 3. The summed E-state index contributed by atoms with van der Waals surface area (Å²) < 4.78 is 13.4. The van der Waals surface area contributed by atoms with Crippen LogP contribution in [0.2, 0.25) is 0 Å². The average molecular weight is 399 g/mol. The van der Waals surface area contributed by atoms with E-state index in [0.29, 0.717) is 27.7 Å². The molecule has 3 aromatic carbocycles. The number of rotatable bonds is 5. The summed E-state index contributed by atoms with van der Waals surface area (Å²) in [5.74, 6) is -0.602. The number of nitrogens with one attached hydrogen (secondary N) is 1. The molecule has 3 N–H and O–H groups in total. The van der Waals surface area contributed by atoms with E-state index >= 15 is 0 Å². The molecule has 0 spiro atoms. The third-order valence-electron chi connectivity index (χ3n) is 5.19. The van der Waals surface area contributed by atoms with Crippen molar-refractivity contribution in [3.8, 4) is 11.3 Å². The van der Waals surface area contributed by atoms with Gasteiger partial charge in [0.1, 0.15) is 5.82 Å². The Morgan fingerprint density at radius 2 is 1.67 bits per heavy atom. The van der Waals surface area contributed by atoms with E-state index in [9.17, 15) is 9.18 Å². The maximum atomic E-state index is 13.4. The number of nitrogens with zero attached hydrogens (tertiary/aromatic N) is 1. The molecule has 1 atom stereocenters. The molecule has 4 aromatic rings. The highest BCUT2D eigenvalue weighted by atomic mass is 19.1. The molecule has 4 rings (SSSR count). The van der Waals surface area contributed by atoms with Crippen LogP contribution in [-0.2, 0) is 0 Å². The highest BCUT2D eigenvalue weighted by Crippen LogP contribution is 2.33. The van der Waals surface area contributed by atoms with Gasteiger partial charge in [-0.2, -0.15) is 0 Å². The number of halogens is 1. The van der Waals surface area contributed by atoms with Gasteiger partial charge >= 0.3 is 0 Å². The Kier molecular flexibility index (Phi) is 5.44. The van der Waals surface area contributed by atoms with Gasteiger partial charge in [0.15, 0.2) is 0 Å². The van der Waals surface area contributed by atoms with Crippen molar-refractivity contribution in [1.29, 1.82) is 0 Å². The first kappa shape index (κ1) is 19.6. The third-order valence-corrected chi connectivity index (χ3v) is 5.19. The standard InChI is InChI=1S/C25H22FN3O/c1-2-20(16-8-4-3-5-9-16)29-25(30)22-19-10-6-7-11-21(19)28-24(23(22)27)17-12-14-18(26)15-13-17/h3-15,20H,2,27H2,1H3,(H,29,30). The Labute approximate surface area is 174 Å². The molecule has 5 heteroatoms. The molecule has 4 nitrogen and oxygen atoms in total. The molecule has 0 aliphatic heterocycles. The summed E-state index contributed by atoms with van der Waals surface area (Å²) in [5.41, 5.74) is 9.93. The fraction of sp³-hybridized carbons (Fsp3) is 0.120. The molecule has 0 radical (unpaired) electrons. The number of nitrogen functional groups attached to an aromatic ring is 1. The zero-order valence-corrected chi connectivity index (χ0v) is 16.6. The van der Waals surface area contributed by atoms with Crippen LogP contribution >= 0.6 is 0 Å². The summed E-state index contributed by atoms with van der Waals surface area (Å²) in [6.45, 7) is 2.02. The topological polar surface area (TPSA) is 68.0 Å². The van der Waals surface area contributed by atoms with Crippen LogP contribution in [0.4, 0.5) is 10.1 Å². The molecular formula is C25H22FN3O. The van der Waals surface area contributed by atoms with Gasteiger partial charge in [-0.1, -0.05) is 55.5 Å². The maximum Gasteiger partial charge on any atom is 0.254 e. The Bertz CT molecular complexity index is 1190. The van der Waals surface area contributed by atoms with Gasteiger partial charge in [-0.3, -0.25) is 4.79 Å². The average Bonchev–Trinajstić information content (AvgIpc) is 2.78. The number of carbonyl (C=O) groups excluding carboxylic acids is 1. The number of nitrogens with two attached hydrogens (primary N) is 1. The van der Waals surface area contributed by atoms with Gasteiger partial charge in [-0.05, 0) is 42.3 Å². The Morgan fingerprint density at radius 3 is 2.37 bits per heavy atom. The van der Waals surface area contributed by atoms with Crippen molar-refractivity contribution in [2.24, 2.45) is 0 Å². The van der Waals surface area contributed by atoms with Gasteiger partial charge in [-0.25, -0.2) is 9.37 Å². The molecular weight excluding hydrogens is 377 g/mol. The second-order valence-corrected chi connectivity index (χ2v) is 7.12. The normalized spacial score (nSPS) is 11.9. The van der Waals surface area contributed by atoms with Gasteiger partial charge in [0.25, 0.3) is 5.91 Å². The lowest BCUT2D eigenvalue weighted by atomic mass is 9.99. The van der Waals surface area contributed by atoms with Crippen molar-refractivity contribution >= 4 is 22.5 Å². The molecule has 1 unspecified atom stereocenters. The number of fused-ring (bicyclic) bond motifs is 1. The van der Waals surface area contributed by atoms with Gasteiger partial charge in [0, 0.05) is 10.9 Å². The highest BCUT2D eigenvalue weighted by molar-refractivity contribution is 6.12. The maximum absolute atomic E-state index is 13.4. The number of anilines is 1. The van der Waals surface area contributed by atoms with Crippen LogP contribution in [0.3, 0.4) is 0 Å². The quantitative estimate of drug-likeness (QED) is 0.465. The summed E-state index contributed by atoms with van der Waals surface area (Å²) in [7, 11) is 0. The van der Waals surface area contributed by atoms with Crippen LogP contribution in [-0.4, -0.2) is 10.9 Å². The largest absolute Gasteiger partial charge is 0.396 e. The van der Waals surface area contributed by atoms with Crippen molar-refractivity contribution in [3.05, 3.63) is 95.8 Å². The first-order chi connectivity index (χ1) is 14.6. The molecule has 0 aliphatic rings. The van der Waals surface area contributed by atoms with Crippen LogP contribution in [0.15, 0.2) is 78.9 Å². The van der Waals surface area contributed by atoms with Crippen molar-refractivity contribution in [3.63, 3.8) is 0 Å². The van der Waals surface area contributed by atoms with E-state index in [1.807, 2.05) is 61.5 Å². The Morgan fingerprint density at radius 1 is 1.00 bits per heavy atom. The molecule has 0 saturated heterocycles.